The summed E-state index contributed by atoms with van der Waals surface area (Å²) < 4.78 is 0. The molecule has 2 aromatic heterocycles. The van der Waals surface area contributed by atoms with Crippen molar-refractivity contribution in [2.45, 2.75) is 32.7 Å². The summed E-state index contributed by atoms with van der Waals surface area (Å²) in [6.07, 6.45) is 6.95. The Hall–Kier alpha value is -1.79. The zero-order chi connectivity index (χ0) is 16.9. The Morgan fingerprint density at radius 3 is 2.71 bits per heavy atom. The van der Waals surface area contributed by atoms with E-state index in [0.717, 1.165) is 41.6 Å². The number of hydrogen-bond acceptors (Lipinski definition) is 5. The van der Waals surface area contributed by atoms with Gasteiger partial charge in [-0.3, -0.25) is 14.7 Å². The van der Waals surface area contributed by atoms with E-state index < -0.39 is 0 Å². The van der Waals surface area contributed by atoms with Crippen LogP contribution in [0.1, 0.15) is 38.8 Å². The van der Waals surface area contributed by atoms with Gasteiger partial charge < -0.3 is 4.90 Å². The van der Waals surface area contributed by atoms with Crippen LogP contribution in [-0.4, -0.2) is 52.4 Å². The summed E-state index contributed by atoms with van der Waals surface area (Å²) in [6.45, 7) is 5.80. The van der Waals surface area contributed by atoms with Crippen molar-refractivity contribution in [3.05, 3.63) is 45.7 Å². The molecule has 0 unspecified atom stereocenters. The first kappa shape index (κ1) is 17.0. The van der Waals surface area contributed by atoms with E-state index in [9.17, 15) is 4.79 Å². The molecule has 1 fully saturated rings. The summed E-state index contributed by atoms with van der Waals surface area (Å²) in [6, 6.07) is 3.98. The number of hydrogen-bond donors (Lipinski definition) is 0. The second-order valence-corrected chi connectivity index (χ2v) is 7.42. The van der Waals surface area contributed by atoms with Crippen molar-refractivity contribution < 1.29 is 4.79 Å². The third-order valence-corrected chi connectivity index (χ3v) is 5.55. The van der Waals surface area contributed by atoms with Gasteiger partial charge in [-0.15, -0.1) is 11.3 Å². The minimum absolute atomic E-state index is 0.0757. The van der Waals surface area contributed by atoms with Gasteiger partial charge in [-0.2, -0.15) is 0 Å². The van der Waals surface area contributed by atoms with E-state index in [1.54, 1.807) is 28.6 Å². The Kier molecular flexibility index (Phi) is 5.58. The first-order valence-electron chi connectivity index (χ1n) is 8.46. The van der Waals surface area contributed by atoms with E-state index in [4.69, 9.17) is 0 Å². The summed E-state index contributed by atoms with van der Waals surface area (Å²) in [5.74, 6) is 0.0757. The Balaban J connectivity index is 1.60. The molecule has 0 radical (unpaired) electrons. The van der Waals surface area contributed by atoms with Crippen molar-refractivity contribution in [2.24, 2.45) is 0 Å². The molecule has 1 aliphatic heterocycles. The summed E-state index contributed by atoms with van der Waals surface area (Å²) in [5, 5.41) is 1.06. The van der Waals surface area contributed by atoms with E-state index >= 15 is 0 Å². The standard InChI is InChI=1S/C18H24N4OS/c1-14-17(24-16(20-14)13-22-10-3-4-11-22)18(23)21(2)12-7-15-5-8-19-9-6-15/h5-6,8-9H,3-4,7,10-13H2,1-2H3. The topological polar surface area (TPSA) is 49.3 Å². The van der Waals surface area contributed by atoms with Crippen LogP contribution >= 0.6 is 11.3 Å². The maximum absolute atomic E-state index is 12.7. The molecule has 1 amide bonds. The largest absolute Gasteiger partial charge is 0.341 e. The first-order chi connectivity index (χ1) is 11.6. The lowest BCUT2D eigenvalue weighted by Gasteiger charge is -2.16. The van der Waals surface area contributed by atoms with Crippen LogP contribution < -0.4 is 0 Å². The average molecular weight is 344 g/mol. The number of carbonyl (C=O) groups is 1. The number of likely N-dealkylation sites (N-methyl/N-ethyl adjacent to an activating group) is 1. The minimum atomic E-state index is 0.0757. The van der Waals surface area contributed by atoms with Gasteiger partial charge in [0.15, 0.2) is 0 Å². The van der Waals surface area contributed by atoms with Crippen LogP contribution in [0.5, 0.6) is 0 Å². The van der Waals surface area contributed by atoms with Gasteiger partial charge >= 0.3 is 0 Å². The summed E-state index contributed by atoms with van der Waals surface area (Å²) in [7, 11) is 1.86. The highest BCUT2D eigenvalue weighted by molar-refractivity contribution is 7.13. The predicted octanol–water partition coefficient (Wildman–Crippen LogP) is 2.76. The fourth-order valence-electron chi connectivity index (χ4n) is 2.97. The summed E-state index contributed by atoms with van der Waals surface area (Å²) in [5.41, 5.74) is 2.05. The maximum Gasteiger partial charge on any atom is 0.265 e. The Labute approximate surface area is 147 Å². The molecule has 0 N–H and O–H groups in total. The second kappa shape index (κ2) is 7.85. The fraction of sp³-hybridized carbons (Fsp3) is 0.500. The van der Waals surface area contributed by atoms with E-state index in [0.29, 0.717) is 6.54 Å². The number of aromatic nitrogens is 2. The normalized spacial score (nSPS) is 14.9. The lowest BCUT2D eigenvalue weighted by atomic mass is 10.2. The highest BCUT2D eigenvalue weighted by Crippen LogP contribution is 2.22. The van der Waals surface area contributed by atoms with Gasteiger partial charge in [-0.25, -0.2) is 4.98 Å². The molecule has 0 spiro atoms. The number of thiazole rings is 1. The molecule has 3 heterocycles. The van der Waals surface area contributed by atoms with Crippen molar-refractivity contribution >= 4 is 17.2 Å². The van der Waals surface area contributed by atoms with E-state index in [1.165, 1.54) is 18.4 Å². The molecule has 0 atom stereocenters. The van der Waals surface area contributed by atoms with Crippen LogP contribution in [0.15, 0.2) is 24.5 Å². The lowest BCUT2D eigenvalue weighted by molar-refractivity contribution is 0.0800. The minimum Gasteiger partial charge on any atom is -0.341 e. The van der Waals surface area contributed by atoms with Gasteiger partial charge in [0, 0.05) is 26.0 Å². The molecule has 0 aromatic carbocycles. The van der Waals surface area contributed by atoms with Gasteiger partial charge in [-0.05, 0) is 57.0 Å². The molecular formula is C18H24N4OS. The maximum atomic E-state index is 12.7. The molecule has 5 nitrogen and oxygen atoms in total. The van der Waals surface area contributed by atoms with Crippen LogP contribution in [0.25, 0.3) is 0 Å². The van der Waals surface area contributed by atoms with Crippen LogP contribution in [-0.2, 0) is 13.0 Å². The van der Waals surface area contributed by atoms with Gasteiger partial charge in [0.2, 0.25) is 0 Å². The zero-order valence-electron chi connectivity index (χ0n) is 14.4. The number of carbonyl (C=O) groups excluding carboxylic acids is 1. The Morgan fingerprint density at radius 2 is 2.00 bits per heavy atom. The SMILES string of the molecule is Cc1nc(CN2CCCC2)sc1C(=O)N(C)CCc1ccncc1. The van der Waals surface area contributed by atoms with Crippen molar-refractivity contribution in [2.75, 3.05) is 26.7 Å². The van der Waals surface area contributed by atoms with E-state index in [2.05, 4.69) is 14.9 Å². The smallest absolute Gasteiger partial charge is 0.265 e. The number of pyridine rings is 1. The van der Waals surface area contributed by atoms with Crippen LogP contribution in [0.4, 0.5) is 0 Å². The van der Waals surface area contributed by atoms with Gasteiger partial charge in [0.05, 0.1) is 12.2 Å². The lowest BCUT2D eigenvalue weighted by Crippen LogP contribution is -2.28. The number of likely N-dealkylation sites (tertiary alicyclic amines) is 1. The number of rotatable bonds is 6. The summed E-state index contributed by atoms with van der Waals surface area (Å²) in [4.78, 5) is 26.3. The van der Waals surface area contributed by atoms with Gasteiger partial charge in [-0.1, -0.05) is 0 Å². The highest BCUT2D eigenvalue weighted by atomic mass is 32.1. The molecule has 1 aliphatic rings. The van der Waals surface area contributed by atoms with Crippen LogP contribution in [0.3, 0.4) is 0 Å². The molecule has 0 aliphatic carbocycles. The molecule has 24 heavy (non-hydrogen) atoms. The van der Waals surface area contributed by atoms with Crippen molar-refractivity contribution in [1.29, 1.82) is 0 Å². The number of nitrogens with zero attached hydrogens (tertiary/aromatic N) is 4. The molecule has 2 aromatic rings. The fourth-order valence-corrected chi connectivity index (χ4v) is 4.07. The predicted molar refractivity (Wildman–Crippen MR) is 96.3 cm³/mol. The third kappa shape index (κ3) is 4.19. The Bertz CT molecular complexity index is 680. The monoisotopic (exact) mass is 344 g/mol. The van der Waals surface area contributed by atoms with Gasteiger partial charge in [0.25, 0.3) is 5.91 Å². The van der Waals surface area contributed by atoms with Crippen molar-refractivity contribution in [3.8, 4) is 0 Å². The highest BCUT2D eigenvalue weighted by Gasteiger charge is 2.20. The third-order valence-electron chi connectivity index (χ3n) is 4.42. The zero-order valence-corrected chi connectivity index (χ0v) is 15.2. The van der Waals surface area contributed by atoms with Crippen LogP contribution in [0.2, 0.25) is 0 Å². The van der Waals surface area contributed by atoms with Crippen molar-refractivity contribution in [1.82, 2.24) is 19.8 Å². The van der Waals surface area contributed by atoms with E-state index in [-0.39, 0.29) is 5.91 Å². The quantitative estimate of drug-likeness (QED) is 0.808. The molecule has 3 rings (SSSR count). The van der Waals surface area contributed by atoms with E-state index in [1.807, 2.05) is 26.1 Å². The van der Waals surface area contributed by atoms with Crippen LogP contribution in [0, 0.1) is 6.92 Å². The molecule has 1 saturated heterocycles. The van der Waals surface area contributed by atoms with Gasteiger partial charge in [0.1, 0.15) is 9.88 Å². The molecule has 0 bridgehead atoms. The second-order valence-electron chi connectivity index (χ2n) is 6.34. The summed E-state index contributed by atoms with van der Waals surface area (Å²) >= 11 is 1.55. The molecule has 128 valence electrons. The molecule has 0 saturated carbocycles. The van der Waals surface area contributed by atoms with Crippen molar-refractivity contribution in [3.63, 3.8) is 0 Å². The Morgan fingerprint density at radius 1 is 1.29 bits per heavy atom. The molecular weight excluding hydrogens is 320 g/mol. The molecule has 6 heteroatoms. The average Bonchev–Trinajstić information content (AvgIpc) is 3.23. The number of aryl methyl sites for hydroxylation is 1. The number of amides is 1. The first-order valence-corrected chi connectivity index (χ1v) is 9.28.